The summed E-state index contributed by atoms with van der Waals surface area (Å²) in [6.07, 6.45) is 23.4. The van der Waals surface area contributed by atoms with Crippen molar-refractivity contribution in [2.24, 2.45) is 0 Å². The first kappa shape index (κ1) is 23.5. The number of carbonyl (C=O) groups excluding carboxylic acids is 1. The maximum atomic E-state index is 10.8. The molecule has 24 heavy (non-hydrogen) atoms. The second-order valence-electron chi connectivity index (χ2n) is 7.51. The zero-order chi connectivity index (χ0) is 17.9. The third-order valence-electron chi connectivity index (χ3n) is 4.83. The lowest BCUT2D eigenvalue weighted by Gasteiger charge is -2.11. The highest BCUT2D eigenvalue weighted by Crippen LogP contribution is 2.14. The van der Waals surface area contributed by atoms with Crippen molar-refractivity contribution in [1.82, 2.24) is 0 Å². The summed E-state index contributed by atoms with van der Waals surface area (Å²) in [5.41, 5.74) is 0. The van der Waals surface area contributed by atoms with Gasteiger partial charge in [-0.25, -0.2) is 0 Å². The largest absolute Gasteiger partial charge is 0.463 e. The molecule has 0 fully saturated rings. The molecule has 0 amide bonds. The van der Waals surface area contributed by atoms with E-state index in [0.29, 0.717) is 0 Å². The molecule has 0 radical (unpaired) electrons. The van der Waals surface area contributed by atoms with Crippen LogP contribution in [0.4, 0.5) is 0 Å². The Kier molecular flexibility index (Phi) is 18.4. The fourth-order valence-corrected chi connectivity index (χ4v) is 3.32. The summed E-state index contributed by atoms with van der Waals surface area (Å²) in [7, 11) is 0. The van der Waals surface area contributed by atoms with Gasteiger partial charge < -0.3 is 4.74 Å². The summed E-state index contributed by atoms with van der Waals surface area (Å²) in [5, 5.41) is 0. The van der Waals surface area contributed by atoms with Gasteiger partial charge in [0.2, 0.25) is 0 Å². The molecule has 0 aromatic carbocycles. The lowest BCUT2D eigenvalue weighted by Crippen LogP contribution is -2.11. The lowest BCUT2D eigenvalue weighted by atomic mass is 10.0. The van der Waals surface area contributed by atoms with Gasteiger partial charge in [-0.15, -0.1) is 0 Å². The Morgan fingerprint density at radius 1 is 0.667 bits per heavy atom. The van der Waals surface area contributed by atoms with E-state index in [1.54, 1.807) is 0 Å². The fourth-order valence-electron chi connectivity index (χ4n) is 3.32. The molecule has 0 aromatic rings. The maximum absolute atomic E-state index is 10.8. The summed E-state index contributed by atoms with van der Waals surface area (Å²) in [6.45, 7) is 5.77. The first-order valence-corrected chi connectivity index (χ1v) is 10.8. The minimum atomic E-state index is -0.154. The summed E-state index contributed by atoms with van der Waals surface area (Å²) in [4.78, 5) is 10.8. The highest BCUT2D eigenvalue weighted by Gasteiger charge is 2.04. The Balaban J connectivity index is 3.06. The standard InChI is InChI=1S/C22H44O2/c1-4-5-6-7-8-9-10-11-12-13-14-15-16-17-18-19-20-21(2)24-22(3)23/h21H,4-20H2,1-3H3/t21-/m1/s1. The van der Waals surface area contributed by atoms with Crippen molar-refractivity contribution in [2.45, 2.75) is 136 Å². The van der Waals surface area contributed by atoms with E-state index >= 15 is 0 Å². The first-order chi connectivity index (χ1) is 11.7. The molecule has 0 N–H and O–H groups in total. The molecule has 0 aliphatic carbocycles. The Morgan fingerprint density at radius 3 is 1.33 bits per heavy atom. The molecule has 0 spiro atoms. The quantitative estimate of drug-likeness (QED) is 0.190. The van der Waals surface area contributed by atoms with Gasteiger partial charge in [-0.2, -0.15) is 0 Å². The van der Waals surface area contributed by atoms with E-state index in [9.17, 15) is 4.79 Å². The molecule has 0 aromatic heterocycles. The van der Waals surface area contributed by atoms with Crippen molar-refractivity contribution in [3.05, 3.63) is 0 Å². The van der Waals surface area contributed by atoms with Crippen LogP contribution in [0.5, 0.6) is 0 Å². The molecule has 0 heterocycles. The van der Waals surface area contributed by atoms with Gasteiger partial charge in [0, 0.05) is 6.92 Å². The van der Waals surface area contributed by atoms with Gasteiger partial charge in [-0.1, -0.05) is 103 Å². The molecule has 2 heteroatoms. The van der Waals surface area contributed by atoms with Crippen molar-refractivity contribution in [2.75, 3.05) is 0 Å². The van der Waals surface area contributed by atoms with E-state index < -0.39 is 0 Å². The molecule has 0 unspecified atom stereocenters. The number of carbonyl (C=O) groups is 1. The van der Waals surface area contributed by atoms with Crippen LogP contribution in [0.25, 0.3) is 0 Å². The molecule has 0 aliphatic rings. The van der Waals surface area contributed by atoms with E-state index in [2.05, 4.69) is 6.92 Å². The van der Waals surface area contributed by atoms with Crippen LogP contribution in [0.15, 0.2) is 0 Å². The van der Waals surface area contributed by atoms with Crippen LogP contribution < -0.4 is 0 Å². The first-order valence-electron chi connectivity index (χ1n) is 10.8. The second kappa shape index (κ2) is 18.8. The van der Waals surface area contributed by atoms with Crippen LogP contribution in [-0.4, -0.2) is 12.1 Å². The highest BCUT2D eigenvalue weighted by molar-refractivity contribution is 5.66. The SMILES string of the molecule is CCCCCCCCCCCCCCCCCC[C@@H](C)OC(C)=O. The summed E-state index contributed by atoms with van der Waals surface area (Å²) < 4.78 is 5.14. The molecule has 0 rings (SSSR count). The Labute approximate surface area is 152 Å². The van der Waals surface area contributed by atoms with Gasteiger partial charge in [0.25, 0.3) is 0 Å². The Hall–Kier alpha value is -0.530. The molecule has 2 nitrogen and oxygen atoms in total. The third kappa shape index (κ3) is 19.5. The van der Waals surface area contributed by atoms with Gasteiger partial charge in [0.1, 0.15) is 0 Å². The van der Waals surface area contributed by atoms with Crippen molar-refractivity contribution < 1.29 is 9.53 Å². The number of hydrogen-bond donors (Lipinski definition) is 0. The predicted octanol–water partition coefficient (Wildman–Crippen LogP) is 7.59. The molecule has 1 atom stereocenters. The topological polar surface area (TPSA) is 26.3 Å². The van der Waals surface area contributed by atoms with Crippen LogP contribution in [-0.2, 0) is 9.53 Å². The molecule has 0 aliphatic heterocycles. The summed E-state index contributed by atoms with van der Waals surface area (Å²) in [5.74, 6) is -0.154. The zero-order valence-corrected chi connectivity index (χ0v) is 16.9. The molecular weight excluding hydrogens is 296 g/mol. The normalized spacial score (nSPS) is 12.3. The van der Waals surface area contributed by atoms with Crippen molar-refractivity contribution >= 4 is 5.97 Å². The van der Waals surface area contributed by atoms with Gasteiger partial charge in [-0.05, 0) is 19.8 Å². The smallest absolute Gasteiger partial charge is 0.302 e. The predicted molar refractivity (Wildman–Crippen MR) is 105 cm³/mol. The van der Waals surface area contributed by atoms with E-state index in [0.717, 1.165) is 6.42 Å². The third-order valence-corrected chi connectivity index (χ3v) is 4.83. The van der Waals surface area contributed by atoms with Crippen molar-refractivity contribution in [3.63, 3.8) is 0 Å². The number of unbranched alkanes of at least 4 members (excludes halogenated alkanes) is 15. The molecule has 0 saturated heterocycles. The van der Waals surface area contributed by atoms with Crippen LogP contribution in [0.2, 0.25) is 0 Å². The number of rotatable bonds is 18. The Bertz CT molecular complexity index is 263. The Morgan fingerprint density at radius 2 is 1.00 bits per heavy atom. The lowest BCUT2D eigenvalue weighted by molar-refractivity contribution is -0.145. The summed E-state index contributed by atoms with van der Waals surface area (Å²) >= 11 is 0. The molecule has 0 saturated carbocycles. The van der Waals surface area contributed by atoms with Crippen molar-refractivity contribution in [3.8, 4) is 0 Å². The maximum Gasteiger partial charge on any atom is 0.302 e. The number of esters is 1. The zero-order valence-electron chi connectivity index (χ0n) is 16.9. The average molecular weight is 341 g/mol. The number of ether oxygens (including phenoxy) is 1. The minimum Gasteiger partial charge on any atom is -0.463 e. The van der Waals surface area contributed by atoms with Crippen LogP contribution in [0.3, 0.4) is 0 Å². The highest BCUT2D eigenvalue weighted by atomic mass is 16.5. The van der Waals surface area contributed by atoms with Gasteiger partial charge in [-0.3, -0.25) is 4.79 Å². The molecule has 144 valence electrons. The second-order valence-corrected chi connectivity index (χ2v) is 7.51. The van der Waals surface area contributed by atoms with Crippen LogP contribution in [0, 0.1) is 0 Å². The number of hydrogen-bond acceptors (Lipinski definition) is 2. The van der Waals surface area contributed by atoms with Gasteiger partial charge in [0.05, 0.1) is 6.10 Å². The van der Waals surface area contributed by atoms with Gasteiger partial charge in [0.15, 0.2) is 0 Å². The summed E-state index contributed by atoms with van der Waals surface area (Å²) in [6, 6.07) is 0. The van der Waals surface area contributed by atoms with E-state index in [-0.39, 0.29) is 12.1 Å². The van der Waals surface area contributed by atoms with Crippen molar-refractivity contribution in [1.29, 1.82) is 0 Å². The van der Waals surface area contributed by atoms with E-state index in [1.807, 2.05) is 6.92 Å². The van der Waals surface area contributed by atoms with Crippen LogP contribution in [0.1, 0.15) is 130 Å². The minimum absolute atomic E-state index is 0.0918. The fraction of sp³-hybridized carbons (Fsp3) is 0.955. The van der Waals surface area contributed by atoms with E-state index in [4.69, 9.17) is 4.74 Å². The van der Waals surface area contributed by atoms with Crippen LogP contribution >= 0.6 is 0 Å². The monoisotopic (exact) mass is 340 g/mol. The molecule has 0 bridgehead atoms. The average Bonchev–Trinajstić information content (AvgIpc) is 2.53. The molecular formula is C22H44O2. The van der Waals surface area contributed by atoms with E-state index in [1.165, 1.54) is 110 Å². The van der Waals surface area contributed by atoms with Gasteiger partial charge >= 0.3 is 5.97 Å².